The lowest BCUT2D eigenvalue weighted by Crippen LogP contribution is -2.52. The molecule has 2 aromatic rings. The summed E-state index contributed by atoms with van der Waals surface area (Å²) in [6.45, 7) is 2.00. The van der Waals surface area contributed by atoms with Crippen LogP contribution < -0.4 is 5.43 Å². The SMILES string of the molecule is CC(C(=O)c1ccccc1)C(N[N+](C)(C)C)c1ccccc1. The number of nitrogens with one attached hydrogen (secondary N) is 1. The molecule has 2 aromatic carbocycles. The highest BCUT2D eigenvalue weighted by molar-refractivity contribution is 5.98. The van der Waals surface area contributed by atoms with Crippen LogP contribution in [-0.2, 0) is 0 Å². The van der Waals surface area contributed by atoms with E-state index in [2.05, 4.69) is 38.7 Å². The van der Waals surface area contributed by atoms with Crippen molar-refractivity contribution in [2.75, 3.05) is 21.1 Å². The van der Waals surface area contributed by atoms with E-state index >= 15 is 0 Å². The van der Waals surface area contributed by atoms with Crippen molar-refractivity contribution < 1.29 is 9.39 Å². The van der Waals surface area contributed by atoms with Crippen molar-refractivity contribution in [2.24, 2.45) is 5.92 Å². The average Bonchev–Trinajstić information content (AvgIpc) is 2.52. The summed E-state index contributed by atoms with van der Waals surface area (Å²) in [5.74, 6) is 0.0116. The van der Waals surface area contributed by atoms with Gasteiger partial charge in [0.15, 0.2) is 5.78 Å². The van der Waals surface area contributed by atoms with Gasteiger partial charge in [-0.3, -0.25) is 9.39 Å². The van der Waals surface area contributed by atoms with Gasteiger partial charge in [-0.15, -0.1) is 0 Å². The van der Waals surface area contributed by atoms with Crippen LogP contribution in [0.15, 0.2) is 60.7 Å². The minimum absolute atomic E-state index is 0.0334. The Morgan fingerprint density at radius 3 is 1.91 bits per heavy atom. The van der Waals surface area contributed by atoms with Gasteiger partial charge < -0.3 is 0 Å². The standard InChI is InChI=1S/C19H25N2O/c1-15(19(22)17-13-9-6-10-14-17)18(20-21(2,3)4)16-11-7-5-8-12-16/h5-15,18,20H,1-4H3/q+1. The van der Waals surface area contributed by atoms with Crippen molar-refractivity contribution in [3.8, 4) is 0 Å². The van der Waals surface area contributed by atoms with Crippen molar-refractivity contribution in [3.63, 3.8) is 0 Å². The Bertz CT molecular complexity index is 602. The fourth-order valence-corrected chi connectivity index (χ4v) is 2.57. The van der Waals surface area contributed by atoms with Crippen LogP contribution in [0.1, 0.15) is 28.9 Å². The van der Waals surface area contributed by atoms with E-state index in [1.807, 2.05) is 55.5 Å². The molecule has 22 heavy (non-hydrogen) atoms. The molecule has 3 nitrogen and oxygen atoms in total. The molecular weight excluding hydrogens is 272 g/mol. The maximum absolute atomic E-state index is 12.8. The van der Waals surface area contributed by atoms with E-state index in [1.54, 1.807) is 0 Å². The van der Waals surface area contributed by atoms with Gasteiger partial charge in [0.1, 0.15) is 0 Å². The van der Waals surface area contributed by atoms with Gasteiger partial charge in [0, 0.05) is 11.5 Å². The second-order valence-corrected chi connectivity index (χ2v) is 6.55. The number of rotatable bonds is 6. The Morgan fingerprint density at radius 2 is 1.41 bits per heavy atom. The number of hydrogen-bond acceptors (Lipinski definition) is 2. The third kappa shape index (κ3) is 4.26. The smallest absolute Gasteiger partial charge is 0.167 e. The summed E-state index contributed by atoms with van der Waals surface area (Å²) in [5, 5.41) is 0. The van der Waals surface area contributed by atoms with E-state index in [1.165, 1.54) is 0 Å². The van der Waals surface area contributed by atoms with Gasteiger partial charge in [0.05, 0.1) is 27.2 Å². The van der Waals surface area contributed by atoms with Gasteiger partial charge in [-0.25, -0.2) is 0 Å². The monoisotopic (exact) mass is 297 g/mol. The molecule has 0 aliphatic rings. The van der Waals surface area contributed by atoms with E-state index in [9.17, 15) is 4.79 Å². The molecule has 0 saturated carbocycles. The summed E-state index contributed by atoms with van der Waals surface area (Å²) in [5.41, 5.74) is 5.43. The van der Waals surface area contributed by atoms with Gasteiger partial charge in [0.2, 0.25) is 0 Å². The summed E-state index contributed by atoms with van der Waals surface area (Å²) in [4.78, 5) is 12.8. The number of hydrogen-bond donors (Lipinski definition) is 1. The molecule has 2 atom stereocenters. The number of carbonyl (C=O) groups is 1. The molecule has 0 aliphatic heterocycles. The van der Waals surface area contributed by atoms with Crippen LogP contribution in [0.25, 0.3) is 0 Å². The largest absolute Gasteiger partial charge is 0.294 e. The third-order valence-electron chi connectivity index (χ3n) is 3.66. The number of nitrogens with zero attached hydrogens (tertiary/aromatic N) is 1. The summed E-state index contributed by atoms with van der Waals surface area (Å²) in [7, 11) is 6.20. The average molecular weight is 297 g/mol. The maximum Gasteiger partial charge on any atom is 0.167 e. The Labute approximate surface area is 133 Å². The first-order valence-corrected chi connectivity index (χ1v) is 7.62. The number of quaternary nitrogens is 1. The molecule has 2 rings (SSSR count). The zero-order chi connectivity index (χ0) is 16.2. The normalized spacial score (nSPS) is 14.4. The highest BCUT2D eigenvalue weighted by Crippen LogP contribution is 2.26. The first-order chi connectivity index (χ1) is 10.4. The molecule has 116 valence electrons. The van der Waals surface area contributed by atoms with Crippen molar-refractivity contribution in [1.82, 2.24) is 5.43 Å². The van der Waals surface area contributed by atoms with Crippen molar-refractivity contribution >= 4 is 5.78 Å². The third-order valence-corrected chi connectivity index (χ3v) is 3.66. The maximum atomic E-state index is 12.8. The van der Waals surface area contributed by atoms with Crippen LogP contribution in [0.2, 0.25) is 0 Å². The van der Waals surface area contributed by atoms with Crippen LogP contribution in [0.5, 0.6) is 0 Å². The predicted octanol–water partition coefficient (Wildman–Crippen LogP) is 3.46. The molecule has 0 fully saturated rings. The lowest BCUT2D eigenvalue weighted by molar-refractivity contribution is -0.919. The van der Waals surface area contributed by atoms with Crippen LogP contribution in [0.3, 0.4) is 0 Å². The summed E-state index contributed by atoms with van der Waals surface area (Å²) < 4.78 is 0.589. The van der Waals surface area contributed by atoms with E-state index in [4.69, 9.17) is 0 Å². The Morgan fingerprint density at radius 1 is 0.909 bits per heavy atom. The van der Waals surface area contributed by atoms with Gasteiger partial charge >= 0.3 is 0 Å². The van der Waals surface area contributed by atoms with Crippen LogP contribution in [0.4, 0.5) is 0 Å². The lowest BCUT2D eigenvalue weighted by Gasteiger charge is -2.33. The van der Waals surface area contributed by atoms with E-state index in [-0.39, 0.29) is 17.7 Å². The molecule has 0 aromatic heterocycles. The molecule has 0 heterocycles. The second-order valence-electron chi connectivity index (χ2n) is 6.55. The van der Waals surface area contributed by atoms with Crippen LogP contribution in [0, 0.1) is 5.92 Å². The first-order valence-electron chi connectivity index (χ1n) is 7.62. The summed E-state index contributed by atoms with van der Waals surface area (Å²) in [6, 6.07) is 19.6. The van der Waals surface area contributed by atoms with Gasteiger partial charge in [0.25, 0.3) is 0 Å². The molecule has 0 amide bonds. The molecule has 0 spiro atoms. The first kappa shape index (κ1) is 16.4. The molecule has 1 N–H and O–H groups in total. The second kappa shape index (κ2) is 6.86. The molecule has 2 unspecified atom stereocenters. The van der Waals surface area contributed by atoms with Crippen molar-refractivity contribution in [3.05, 3.63) is 71.8 Å². The van der Waals surface area contributed by atoms with Gasteiger partial charge in [-0.2, -0.15) is 5.43 Å². The predicted molar refractivity (Wildman–Crippen MR) is 90.3 cm³/mol. The van der Waals surface area contributed by atoms with Gasteiger partial charge in [-0.1, -0.05) is 67.6 Å². The van der Waals surface area contributed by atoms with Crippen LogP contribution in [-0.4, -0.2) is 31.5 Å². The summed E-state index contributed by atoms with van der Waals surface area (Å²) >= 11 is 0. The number of Topliss-reactive ketones (excluding diaryl/α,β-unsaturated/α-hetero) is 1. The molecule has 0 aliphatic carbocycles. The van der Waals surface area contributed by atoms with Gasteiger partial charge in [-0.05, 0) is 5.56 Å². The fraction of sp³-hybridized carbons (Fsp3) is 0.316. The Hall–Kier alpha value is -1.97. The Balaban J connectivity index is 2.30. The van der Waals surface area contributed by atoms with E-state index < -0.39 is 0 Å². The fourth-order valence-electron chi connectivity index (χ4n) is 2.57. The van der Waals surface area contributed by atoms with E-state index in [0.717, 1.165) is 11.1 Å². The molecule has 0 saturated heterocycles. The minimum Gasteiger partial charge on any atom is -0.294 e. The number of ketones is 1. The zero-order valence-electron chi connectivity index (χ0n) is 13.8. The quantitative estimate of drug-likeness (QED) is 0.502. The topological polar surface area (TPSA) is 29.1 Å². The number of benzene rings is 2. The highest BCUT2D eigenvalue weighted by Gasteiger charge is 2.30. The molecule has 0 bridgehead atoms. The number of carbonyl (C=O) groups excluding carboxylic acids is 1. The summed E-state index contributed by atoms with van der Waals surface area (Å²) in [6.07, 6.45) is 0. The molecule has 3 heteroatoms. The van der Waals surface area contributed by atoms with Crippen molar-refractivity contribution in [2.45, 2.75) is 13.0 Å². The Kier molecular flexibility index (Phi) is 5.11. The minimum atomic E-state index is -0.151. The van der Waals surface area contributed by atoms with Crippen LogP contribution >= 0.6 is 0 Å². The zero-order valence-corrected chi connectivity index (χ0v) is 13.8. The lowest BCUT2D eigenvalue weighted by atomic mass is 9.88. The van der Waals surface area contributed by atoms with E-state index in [0.29, 0.717) is 4.59 Å². The molecule has 0 radical (unpaired) electrons. The van der Waals surface area contributed by atoms with Crippen molar-refractivity contribution in [1.29, 1.82) is 0 Å². The highest BCUT2D eigenvalue weighted by atomic mass is 16.1. The molecular formula is C19H25N2O+.